The molecule has 5 heteroatoms. The molecule has 0 saturated carbocycles. The molecule has 0 aliphatic carbocycles. The third kappa shape index (κ3) is 5.52. The second-order valence-electron chi connectivity index (χ2n) is 9.00. The van der Waals surface area contributed by atoms with Gasteiger partial charge in [-0.25, -0.2) is 0 Å². The average molecular weight is 467 g/mol. The van der Waals surface area contributed by atoms with Gasteiger partial charge < -0.3 is 15.4 Å². The van der Waals surface area contributed by atoms with E-state index >= 15 is 0 Å². The van der Waals surface area contributed by atoms with Crippen molar-refractivity contribution in [3.05, 3.63) is 101 Å². The zero-order valence-electron chi connectivity index (χ0n) is 20.5. The summed E-state index contributed by atoms with van der Waals surface area (Å²) in [5, 5.41) is 7.81. The second kappa shape index (κ2) is 10.4. The third-order valence-corrected chi connectivity index (χ3v) is 6.04. The number of ether oxygens (including phenoxy) is 1. The van der Waals surface area contributed by atoms with E-state index in [9.17, 15) is 9.59 Å². The van der Waals surface area contributed by atoms with E-state index in [4.69, 9.17) is 4.74 Å². The summed E-state index contributed by atoms with van der Waals surface area (Å²) in [4.78, 5) is 26.1. The molecule has 4 rings (SSSR count). The lowest BCUT2D eigenvalue weighted by atomic mass is 9.98. The Hall–Kier alpha value is -4.12. The highest BCUT2D eigenvalue weighted by Gasteiger charge is 2.18. The van der Waals surface area contributed by atoms with Gasteiger partial charge in [-0.15, -0.1) is 0 Å². The van der Waals surface area contributed by atoms with Crippen LogP contribution < -0.4 is 15.4 Å². The van der Waals surface area contributed by atoms with Crippen molar-refractivity contribution in [2.24, 2.45) is 0 Å². The maximum Gasteiger partial charge on any atom is 0.262 e. The van der Waals surface area contributed by atoms with Gasteiger partial charge in [0.2, 0.25) is 0 Å². The summed E-state index contributed by atoms with van der Waals surface area (Å²) in [5.41, 5.74) is 4.94. The average Bonchev–Trinajstić information content (AvgIpc) is 2.84. The number of hydrogen-bond donors (Lipinski definition) is 2. The Morgan fingerprint density at radius 3 is 2.17 bits per heavy atom. The van der Waals surface area contributed by atoms with Crippen molar-refractivity contribution in [2.75, 3.05) is 17.2 Å². The molecule has 5 nitrogen and oxygen atoms in total. The van der Waals surface area contributed by atoms with Crippen LogP contribution in [-0.2, 0) is 4.79 Å². The molecule has 0 spiro atoms. The maximum absolute atomic E-state index is 13.2. The van der Waals surface area contributed by atoms with Crippen molar-refractivity contribution in [3.8, 4) is 5.75 Å². The predicted octanol–water partition coefficient (Wildman–Crippen LogP) is 6.85. The van der Waals surface area contributed by atoms with Gasteiger partial charge in [0.1, 0.15) is 5.75 Å². The van der Waals surface area contributed by atoms with E-state index in [2.05, 4.69) is 24.5 Å². The molecule has 0 unspecified atom stereocenters. The van der Waals surface area contributed by atoms with Crippen molar-refractivity contribution in [2.45, 2.75) is 33.6 Å². The summed E-state index contributed by atoms with van der Waals surface area (Å²) in [6.45, 7) is 7.88. The van der Waals surface area contributed by atoms with Crippen LogP contribution in [0.1, 0.15) is 46.8 Å². The van der Waals surface area contributed by atoms with Gasteiger partial charge in [0.15, 0.2) is 6.61 Å². The fraction of sp³-hybridized carbons (Fsp3) is 0.200. The number of carbonyl (C=O) groups is 2. The number of aryl methyl sites for hydroxylation is 2. The van der Waals surface area contributed by atoms with Crippen molar-refractivity contribution in [3.63, 3.8) is 0 Å². The largest absolute Gasteiger partial charge is 0.483 e. The molecule has 178 valence electrons. The summed E-state index contributed by atoms with van der Waals surface area (Å²) < 4.78 is 5.94. The fourth-order valence-corrected chi connectivity index (χ4v) is 4.08. The van der Waals surface area contributed by atoms with Crippen LogP contribution in [0.4, 0.5) is 11.4 Å². The Bertz CT molecular complexity index is 1390. The van der Waals surface area contributed by atoms with Crippen LogP contribution in [-0.4, -0.2) is 18.4 Å². The molecule has 0 bridgehead atoms. The first-order valence-corrected chi connectivity index (χ1v) is 11.8. The molecule has 35 heavy (non-hydrogen) atoms. The highest BCUT2D eigenvalue weighted by Crippen LogP contribution is 2.29. The van der Waals surface area contributed by atoms with Crippen LogP contribution in [0.25, 0.3) is 10.8 Å². The number of nitrogens with one attached hydrogen (secondary N) is 2. The van der Waals surface area contributed by atoms with Crippen LogP contribution >= 0.6 is 0 Å². The van der Waals surface area contributed by atoms with Crippen LogP contribution in [0.3, 0.4) is 0 Å². The van der Waals surface area contributed by atoms with Gasteiger partial charge in [-0.1, -0.05) is 74.5 Å². The Balaban J connectivity index is 1.58. The van der Waals surface area contributed by atoms with E-state index < -0.39 is 0 Å². The first kappa shape index (κ1) is 24.0. The fourth-order valence-electron chi connectivity index (χ4n) is 4.08. The first-order valence-electron chi connectivity index (χ1n) is 11.8. The molecule has 0 saturated heterocycles. The van der Waals surface area contributed by atoms with Crippen molar-refractivity contribution < 1.29 is 14.3 Å². The number of hydrogen-bond acceptors (Lipinski definition) is 3. The summed E-state index contributed by atoms with van der Waals surface area (Å²) in [7, 11) is 0. The Morgan fingerprint density at radius 1 is 0.800 bits per heavy atom. The molecule has 2 amide bonds. The molecule has 4 aromatic carbocycles. The van der Waals surface area contributed by atoms with Crippen LogP contribution in [0.2, 0.25) is 0 Å². The highest BCUT2D eigenvalue weighted by atomic mass is 16.5. The number of fused-ring (bicyclic) bond motifs is 1. The molecule has 0 aromatic heterocycles. The Kier molecular flexibility index (Phi) is 7.16. The molecule has 2 N–H and O–H groups in total. The minimum absolute atomic E-state index is 0.213. The van der Waals surface area contributed by atoms with E-state index in [1.165, 1.54) is 0 Å². The van der Waals surface area contributed by atoms with Crippen molar-refractivity contribution in [1.29, 1.82) is 0 Å². The minimum atomic E-state index is -0.290. The number of para-hydroxylation sites is 2. The maximum atomic E-state index is 13.2. The quantitative estimate of drug-likeness (QED) is 0.313. The lowest BCUT2D eigenvalue weighted by molar-refractivity contribution is -0.118. The van der Waals surface area contributed by atoms with Gasteiger partial charge in [-0.2, -0.15) is 0 Å². The molecule has 0 aliphatic heterocycles. The molecule has 0 atom stereocenters. The topological polar surface area (TPSA) is 67.4 Å². The molecule has 0 radical (unpaired) electrons. The number of carbonyl (C=O) groups excluding carboxylic acids is 2. The summed E-state index contributed by atoms with van der Waals surface area (Å²) in [6, 6.07) is 24.9. The van der Waals surface area contributed by atoms with Gasteiger partial charge in [-0.05, 0) is 65.4 Å². The molecule has 0 aliphatic rings. The van der Waals surface area contributed by atoms with E-state index in [0.717, 1.165) is 38.8 Å². The van der Waals surface area contributed by atoms with Gasteiger partial charge >= 0.3 is 0 Å². The number of benzene rings is 4. The van der Waals surface area contributed by atoms with Crippen molar-refractivity contribution in [1.82, 2.24) is 0 Å². The summed E-state index contributed by atoms with van der Waals surface area (Å²) in [6.07, 6.45) is 0. The number of rotatable bonds is 7. The lowest BCUT2D eigenvalue weighted by Crippen LogP contribution is -2.23. The second-order valence-corrected chi connectivity index (χ2v) is 9.00. The van der Waals surface area contributed by atoms with Gasteiger partial charge in [-0.3, -0.25) is 9.59 Å². The van der Waals surface area contributed by atoms with E-state index in [0.29, 0.717) is 11.3 Å². The van der Waals surface area contributed by atoms with Gasteiger partial charge in [0.25, 0.3) is 11.8 Å². The number of amides is 2. The normalized spacial score (nSPS) is 10.9. The van der Waals surface area contributed by atoms with Crippen LogP contribution in [0.15, 0.2) is 78.9 Å². The van der Waals surface area contributed by atoms with Gasteiger partial charge in [0.05, 0.1) is 5.56 Å². The van der Waals surface area contributed by atoms with Crippen LogP contribution in [0, 0.1) is 13.8 Å². The Labute approximate surface area is 206 Å². The van der Waals surface area contributed by atoms with E-state index in [1.807, 2.05) is 86.6 Å². The van der Waals surface area contributed by atoms with Gasteiger partial charge in [0, 0.05) is 11.4 Å². The summed E-state index contributed by atoms with van der Waals surface area (Å²) >= 11 is 0. The van der Waals surface area contributed by atoms with E-state index in [-0.39, 0.29) is 24.3 Å². The molecular weight excluding hydrogens is 436 g/mol. The standard InChI is InChI=1S/C30H30N2O3/c1-19(2)24-14-9-11-21(4)29(24)32-28(33)18-35-27-17-23-13-7-6-12-22(23)16-25(27)30(34)31-26-15-8-5-10-20(26)3/h5-17,19H,18H2,1-4H3,(H,31,34)(H,32,33). The lowest BCUT2D eigenvalue weighted by Gasteiger charge is -2.17. The SMILES string of the molecule is Cc1ccccc1NC(=O)c1cc2ccccc2cc1OCC(=O)Nc1c(C)cccc1C(C)C. The molecule has 0 heterocycles. The minimum Gasteiger partial charge on any atom is -0.483 e. The smallest absolute Gasteiger partial charge is 0.262 e. The predicted molar refractivity (Wildman–Crippen MR) is 142 cm³/mol. The zero-order chi connectivity index (χ0) is 24.9. The summed E-state index contributed by atoms with van der Waals surface area (Å²) in [5.74, 6) is 0.0585. The molecular formula is C30H30N2O3. The van der Waals surface area contributed by atoms with E-state index in [1.54, 1.807) is 6.07 Å². The Morgan fingerprint density at radius 2 is 1.46 bits per heavy atom. The number of anilines is 2. The molecule has 4 aromatic rings. The van der Waals surface area contributed by atoms with Crippen LogP contribution in [0.5, 0.6) is 5.75 Å². The first-order chi connectivity index (χ1) is 16.8. The third-order valence-electron chi connectivity index (χ3n) is 6.04. The molecule has 0 fully saturated rings. The van der Waals surface area contributed by atoms with Crippen molar-refractivity contribution >= 4 is 34.0 Å². The highest BCUT2D eigenvalue weighted by molar-refractivity contribution is 6.09. The zero-order valence-corrected chi connectivity index (χ0v) is 20.5. The monoisotopic (exact) mass is 466 g/mol.